The molecule has 2 heterocycles. The van der Waals surface area contributed by atoms with Crippen LogP contribution >= 0.6 is 0 Å². The van der Waals surface area contributed by atoms with Gasteiger partial charge >= 0.3 is 0 Å². The molecule has 0 saturated carbocycles. The molecule has 0 radical (unpaired) electrons. The van der Waals surface area contributed by atoms with Crippen LogP contribution in [0.25, 0.3) is 34.0 Å². The van der Waals surface area contributed by atoms with E-state index in [-0.39, 0.29) is 0 Å². The van der Waals surface area contributed by atoms with E-state index >= 15 is 0 Å². The molecule has 7 nitrogen and oxygen atoms in total. The Morgan fingerprint density at radius 2 is 1.55 bits per heavy atom. The lowest BCUT2D eigenvalue weighted by Crippen LogP contribution is -2.13. The number of aromatic nitrogens is 3. The molecule has 170 valence electrons. The van der Waals surface area contributed by atoms with Gasteiger partial charge < -0.3 is 9.84 Å². The fourth-order valence-electron chi connectivity index (χ4n) is 3.31. The quantitative estimate of drug-likeness (QED) is 0.403. The first-order valence-corrected chi connectivity index (χ1v) is 12.4. The van der Waals surface area contributed by atoms with E-state index in [1.54, 1.807) is 50.5 Å². The molecule has 0 aliphatic heterocycles. The van der Waals surface area contributed by atoms with Gasteiger partial charge in [0.25, 0.3) is 0 Å². The second-order valence-electron chi connectivity index (χ2n) is 7.96. The van der Waals surface area contributed by atoms with Gasteiger partial charge in [-0.1, -0.05) is 48.5 Å². The van der Waals surface area contributed by atoms with Gasteiger partial charge in [0.05, 0.1) is 28.2 Å². The molecule has 4 rings (SSSR count). The highest BCUT2D eigenvalue weighted by Gasteiger charge is 2.19. The number of nitrogens with one attached hydrogen (secondary N) is 1. The fourth-order valence-corrected chi connectivity index (χ4v) is 4.37. The molecule has 0 aliphatic carbocycles. The van der Waals surface area contributed by atoms with Gasteiger partial charge in [-0.25, -0.2) is 13.4 Å². The highest BCUT2D eigenvalue weighted by molar-refractivity contribution is 7.92. The van der Waals surface area contributed by atoms with E-state index in [1.165, 1.54) is 5.56 Å². The number of nitrogens with zero attached hydrogens (tertiary/aromatic N) is 3. The minimum Gasteiger partial charge on any atom is -0.354 e. The average Bonchev–Trinajstić information content (AvgIpc) is 3.33. The molecule has 0 bridgehead atoms. The number of hydrogen-bond acceptors (Lipinski definition) is 7. The van der Waals surface area contributed by atoms with E-state index in [0.717, 1.165) is 29.9 Å². The molecule has 8 heteroatoms. The van der Waals surface area contributed by atoms with Crippen LogP contribution in [0.4, 0.5) is 0 Å². The Kier molecular flexibility index (Phi) is 6.67. The molecule has 0 unspecified atom stereocenters. The van der Waals surface area contributed by atoms with E-state index in [9.17, 15) is 8.42 Å². The Balaban J connectivity index is 1.56. The van der Waals surface area contributed by atoms with Crippen molar-refractivity contribution >= 4 is 9.84 Å². The summed E-state index contributed by atoms with van der Waals surface area (Å²) in [6, 6.07) is 16.7. The smallest absolute Gasteiger partial charge is 0.187 e. The lowest BCUT2D eigenvalue weighted by Gasteiger charge is -2.08. The highest BCUT2D eigenvalue weighted by Crippen LogP contribution is 2.27. The minimum atomic E-state index is -3.32. The molecule has 1 N–H and O–H groups in total. The highest BCUT2D eigenvalue weighted by atomic mass is 32.2. The van der Waals surface area contributed by atoms with Crippen LogP contribution in [-0.4, -0.2) is 35.3 Å². The van der Waals surface area contributed by atoms with Crippen molar-refractivity contribution in [1.82, 2.24) is 20.4 Å². The first-order valence-electron chi connectivity index (χ1n) is 10.8. The summed E-state index contributed by atoms with van der Waals surface area (Å²) in [4.78, 5) is 9.22. The predicted molar refractivity (Wildman–Crippen MR) is 128 cm³/mol. The van der Waals surface area contributed by atoms with Crippen molar-refractivity contribution in [2.75, 3.05) is 6.54 Å². The van der Waals surface area contributed by atoms with Gasteiger partial charge in [-0.2, -0.15) is 0 Å². The van der Waals surface area contributed by atoms with Gasteiger partial charge in [0.15, 0.2) is 15.6 Å². The second kappa shape index (κ2) is 9.64. The molecule has 4 aromatic rings. The summed E-state index contributed by atoms with van der Waals surface area (Å²) in [5.74, 6) is 0.509. The van der Waals surface area contributed by atoms with Crippen molar-refractivity contribution < 1.29 is 12.9 Å². The standard InChI is InChI=1S/C25H26N4O3S/c1-4-26-14-18-5-7-19(8-6-18)22-13-25(32-29-22)24-16-27-15-23(28-24)20-9-11-21(12-10-20)33(30,31)17(2)3/h5-13,15-17,26H,4,14H2,1-3H3. The molecule has 2 aromatic heterocycles. The van der Waals surface area contributed by atoms with Crippen LogP contribution in [0.15, 0.2) is 76.4 Å². The van der Waals surface area contributed by atoms with E-state index in [4.69, 9.17) is 4.52 Å². The average molecular weight is 463 g/mol. The monoisotopic (exact) mass is 462 g/mol. The summed E-state index contributed by atoms with van der Waals surface area (Å²) in [5.41, 5.74) is 4.81. The van der Waals surface area contributed by atoms with Crippen molar-refractivity contribution in [1.29, 1.82) is 0 Å². The predicted octanol–water partition coefficient (Wildman–Crippen LogP) is 4.76. The maximum Gasteiger partial charge on any atom is 0.187 e. The molecule has 0 spiro atoms. The summed E-state index contributed by atoms with van der Waals surface area (Å²) < 4.78 is 30.2. The Morgan fingerprint density at radius 1 is 0.909 bits per heavy atom. The summed E-state index contributed by atoms with van der Waals surface area (Å²) in [6.45, 7) is 7.17. The van der Waals surface area contributed by atoms with Crippen LogP contribution in [-0.2, 0) is 16.4 Å². The zero-order valence-electron chi connectivity index (χ0n) is 18.8. The zero-order valence-corrected chi connectivity index (χ0v) is 19.6. The van der Waals surface area contributed by atoms with Crippen molar-refractivity contribution in [3.8, 4) is 34.0 Å². The molecule has 0 atom stereocenters. The molecule has 0 fully saturated rings. The van der Waals surface area contributed by atoms with E-state index in [2.05, 4.69) is 39.5 Å². The minimum absolute atomic E-state index is 0.293. The van der Waals surface area contributed by atoms with Crippen LogP contribution < -0.4 is 5.32 Å². The Morgan fingerprint density at radius 3 is 2.21 bits per heavy atom. The van der Waals surface area contributed by atoms with Crippen molar-refractivity contribution in [2.45, 2.75) is 37.5 Å². The first-order chi connectivity index (χ1) is 15.9. The van der Waals surface area contributed by atoms with Gasteiger partial charge in [-0.15, -0.1) is 0 Å². The van der Waals surface area contributed by atoms with Gasteiger partial charge in [-0.05, 0) is 38.1 Å². The Bertz CT molecular complexity index is 1330. The Labute approximate surface area is 193 Å². The zero-order chi connectivity index (χ0) is 23.4. The van der Waals surface area contributed by atoms with Crippen molar-refractivity contribution in [3.63, 3.8) is 0 Å². The number of rotatable bonds is 8. The van der Waals surface area contributed by atoms with Crippen molar-refractivity contribution in [3.05, 3.63) is 72.6 Å². The van der Waals surface area contributed by atoms with E-state index < -0.39 is 15.1 Å². The summed E-state index contributed by atoms with van der Waals surface area (Å²) in [7, 11) is -3.32. The summed E-state index contributed by atoms with van der Waals surface area (Å²) >= 11 is 0. The van der Waals surface area contributed by atoms with Crippen LogP contribution in [0.3, 0.4) is 0 Å². The normalized spacial score (nSPS) is 11.8. The van der Waals surface area contributed by atoms with E-state index in [0.29, 0.717) is 22.0 Å². The van der Waals surface area contributed by atoms with Crippen molar-refractivity contribution in [2.24, 2.45) is 0 Å². The molecular weight excluding hydrogens is 436 g/mol. The Hall–Kier alpha value is -3.36. The number of sulfone groups is 1. The summed E-state index contributed by atoms with van der Waals surface area (Å²) in [5, 5.41) is 7.02. The fraction of sp³-hybridized carbons (Fsp3) is 0.240. The van der Waals surface area contributed by atoms with Crippen LogP contribution in [0.1, 0.15) is 26.3 Å². The van der Waals surface area contributed by atoms with Crippen LogP contribution in [0.5, 0.6) is 0 Å². The van der Waals surface area contributed by atoms with Gasteiger partial charge in [0.2, 0.25) is 0 Å². The van der Waals surface area contributed by atoms with E-state index in [1.807, 2.05) is 18.2 Å². The van der Waals surface area contributed by atoms with Gasteiger partial charge in [0.1, 0.15) is 11.4 Å². The lowest BCUT2D eigenvalue weighted by atomic mass is 10.1. The third-order valence-electron chi connectivity index (χ3n) is 5.33. The molecule has 0 aliphatic rings. The largest absolute Gasteiger partial charge is 0.354 e. The maximum absolute atomic E-state index is 12.4. The maximum atomic E-state index is 12.4. The lowest BCUT2D eigenvalue weighted by molar-refractivity contribution is 0.433. The topological polar surface area (TPSA) is 98.0 Å². The van der Waals surface area contributed by atoms with Gasteiger partial charge in [-0.3, -0.25) is 4.98 Å². The second-order valence-corrected chi connectivity index (χ2v) is 10.5. The first kappa shape index (κ1) is 22.8. The molecular formula is C25H26N4O3S. The third-order valence-corrected chi connectivity index (χ3v) is 7.50. The van der Waals surface area contributed by atoms with Crippen LogP contribution in [0.2, 0.25) is 0 Å². The van der Waals surface area contributed by atoms with Crippen LogP contribution in [0, 0.1) is 0 Å². The molecule has 0 amide bonds. The molecule has 33 heavy (non-hydrogen) atoms. The van der Waals surface area contributed by atoms with Gasteiger partial charge in [0, 0.05) is 23.7 Å². The molecule has 2 aromatic carbocycles. The summed E-state index contributed by atoms with van der Waals surface area (Å²) in [6.07, 6.45) is 3.25. The SMILES string of the molecule is CCNCc1ccc(-c2cc(-c3cncc(-c4ccc(S(=O)(=O)C(C)C)cc4)n3)on2)cc1. The third kappa shape index (κ3) is 5.02. The number of benzene rings is 2. The molecule has 0 saturated heterocycles. The number of hydrogen-bond donors (Lipinski definition) is 1.